The predicted molar refractivity (Wildman–Crippen MR) is 59.6 cm³/mol. The molecule has 0 heteroatoms. The van der Waals surface area contributed by atoms with Crippen LogP contribution in [0, 0.1) is 12.3 Å². The number of unbranched alkanes of at least 4 members (excludes halogenated alkanes) is 3. The van der Waals surface area contributed by atoms with Crippen LogP contribution >= 0.6 is 0 Å². The van der Waals surface area contributed by atoms with Crippen molar-refractivity contribution in [3.05, 3.63) is 6.42 Å². The van der Waals surface area contributed by atoms with Crippen LogP contribution < -0.4 is 0 Å². The first-order valence-corrected chi connectivity index (χ1v) is 6.27. The first-order valence-electron chi connectivity index (χ1n) is 6.27. The molecule has 1 radical (unpaired) electrons. The molecule has 0 bridgehead atoms. The molecule has 1 rings (SSSR count). The third kappa shape index (κ3) is 5.33. The van der Waals surface area contributed by atoms with Crippen LogP contribution in [-0.2, 0) is 0 Å². The smallest absolute Gasteiger partial charge is 0.0355 e. The summed E-state index contributed by atoms with van der Waals surface area (Å²) in [6, 6.07) is 0. The molecule has 0 aromatic heterocycles. The Hall–Kier alpha value is 0. The van der Waals surface area contributed by atoms with Gasteiger partial charge in [0.05, 0.1) is 0 Å². The van der Waals surface area contributed by atoms with Gasteiger partial charge in [-0.05, 0) is 18.8 Å². The van der Waals surface area contributed by atoms with Crippen LogP contribution in [0.1, 0.15) is 71.1 Å². The summed E-state index contributed by atoms with van der Waals surface area (Å²) in [5.74, 6) is 0.972. The highest BCUT2D eigenvalue weighted by molar-refractivity contribution is 4.78. The van der Waals surface area contributed by atoms with Gasteiger partial charge in [-0.3, -0.25) is 0 Å². The van der Waals surface area contributed by atoms with Crippen molar-refractivity contribution in [2.45, 2.75) is 71.1 Å². The molecule has 0 nitrogen and oxygen atoms in total. The molecule has 0 N–H and O–H groups in total. The minimum absolute atomic E-state index is 0.972. The maximum atomic E-state index is 2.61. The first kappa shape index (κ1) is 11.1. The monoisotopic (exact) mass is 181 g/mol. The van der Waals surface area contributed by atoms with Crippen molar-refractivity contribution in [1.82, 2.24) is 0 Å². The first-order chi connectivity index (χ1) is 6.43. The van der Waals surface area contributed by atoms with E-state index in [1.807, 2.05) is 0 Å². The third-order valence-corrected chi connectivity index (χ3v) is 3.21. The number of hydrogen-bond donors (Lipinski definition) is 0. The van der Waals surface area contributed by atoms with E-state index >= 15 is 0 Å². The van der Waals surface area contributed by atoms with Gasteiger partial charge >= 0.3 is 0 Å². The summed E-state index contributed by atoms with van der Waals surface area (Å²) in [4.78, 5) is 0. The summed E-state index contributed by atoms with van der Waals surface area (Å²) in [6.07, 6.45) is 17.1. The highest BCUT2D eigenvalue weighted by Gasteiger charge is 2.11. The van der Waals surface area contributed by atoms with Gasteiger partial charge in [-0.2, -0.15) is 0 Å². The Morgan fingerprint density at radius 1 is 1.00 bits per heavy atom. The topological polar surface area (TPSA) is 0 Å². The zero-order valence-corrected chi connectivity index (χ0v) is 9.23. The van der Waals surface area contributed by atoms with Gasteiger partial charge in [-0.15, -0.1) is 0 Å². The second-order valence-corrected chi connectivity index (χ2v) is 4.48. The molecule has 13 heavy (non-hydrogen) atoms. The maximum Gasteiger partial charge on any atom is -0.0355 e. The second kappa shape index (κ2) is 7.41. The van der Waals surface area contributed by atoms with Crippen LogP contribution in [0.3, 0.4) is 0 Å². The van der Waals surface area contributed by atoms with Crippen molar-refractivity contribution in [3.8, 4) is 0 Å². The van der Waals surface area contributed by atoms with Gasteiger partial charge < -0.3 is 0 Å². The maximum absolute atomic E-state index is 2.61. The fourth-order valence-corrected chi connectivity index (χ4v) is 2.29. The zero-order valence-electron chi connectivity index (χ0n) is 9.23. The standard InChI is InChI=1S/C13H25/c1-2-3-4-7-10-13-11-8-5-6-9-12-13/h10,13H,2-9,11-12H2,1H3. The van der Waals surface area contributed by atoms with Crippen LogP contribution in [0.2, 0.25) is 0 Å². The fourth-order valence-electron chi connectivity index (χ4n) is 2.29. The lowest BCUT2D eigenvalue weighted by Crippen LogP contribution is -1.99. The Kier molecular flexibility index (Phi) is 6.31. The molecule has 1 aliphatic carbocycles. The molecule has 1 fully saturated rings. The van der Waals surface area contributed by atoms with Crippen molar-refractivity contribution in [3.63, 3.8) is 0 Å². The van der Waals surface area contributed by atoms with Crippen molar-refractivity contribution in [2.24, 2.45) is 5.92 Å². The minimum atomic E-state index is 0.972. The van der Waals surface area contributed by atoms with Gasteiger partial charge in [0.2, 0.25) is 0 Å². The summed E-state index contributed by atoms with van der Waals surface area (Å²) in [5.41, 5.74) is 0. The van der Waals surface area contributed by atoms with E-state index in [4.69, 9.17) is 0 Å². The lowest BCUT2D eigenvalue weighted by atomic mass is 9.94. The molecule has 0 saturated heterocycles. The van der Waals surface area contributed by atoms with Gasteiger partial charge in [0.15, 0.2) is 0 Å². The molecular formula is C13H25. The summed E-state index contributed by atoms with van der Waals surface area (Å²) in [5, 5.41) is 0. The molecule has 77 valence electrons. The summed E-state index contributed by atoms with van der Waals surface area (Å²) in [7, 11) is 0. The largest absolute Gasteiger partial charge is 0.0654 e. The van der Waals surface area contributed by atoms with Gasteiger partial charge in [0.25, 0.3) is 0 Å². The Morgan fingerprint density at radius 3 is 2.31 bits per heavy atom. The van der Waals surface area contributed by atoms with E-state index in [1.54, 1.807) is 0 Å². The highest BCUT2D eigenvalue weighted by Crippen LogP contribution is 2.26. The van der Waals surface area contributed by atoms with Gasteiger partial charge in [0.1, 0.15) is 0 Å². The molecule has 0 atom stereocenters. The average Bonchev–Trinajstić information content (AvgIpc) is 2.41. The van der Waals surface area contributed by atoms with E-state index in [0.29, 0.717) is 0 Å². The Bertz CT molecular complexity index is 98.6. The van der Waals surface area contributed by atoms with Crippen LogP contribution in [0.15, 0.2) is 0 Å². The minimum Gasteiger partial charge on any atom is -0.0654 e. The Morgan fingerprint density at radius 2 is 1.69 bits per heavy atom. The number of hydrogen-bond acceptors (Lipinski definition) is 0. The average molecular weight is 181 g/mol. The predicted octanol–water partition coefficient (Wildman–Crippen LogP) is 4.74. The van der Waals surface area contributed by atoms with Crippen molar-refractivity contribution >= 4 is 0 Å². The van der Waals surface area contributed by atoms with E-state index in [-0.39, 0.29) is 0 Å². The summed E-state index contributed by atoms with van der Waals surface area (Å²) < 4.78 is 0. The molecule has 0 amide bonds. The lowest BCUT2D eigenvalue weighted by molar-refractivity contribution is 0.497. The van der Waals surface area contributed by atoms with E-state index in [0.717, 1.165) is 5.92 Å². The number of rotatable bonds is 5. The van der Waals surface area contributed by atoms with Crippen LogP contribution in [-0.4, -0.2) is 0 Å². The van der Waals surface area contributed by atoms with E-state index in [2.05, 4.69) is 13.3 Å². The van der Waals surface area contributed by atoms with Crippen LogP contribution in [0.25, 0.3) is 0 Å². The molecule has 1 aliphatic rings. The Balaban J connectivity index is 1.98. The molecular weight excluding hydrogens is 156 g/mol. The molecule has 0 heterocycles. The molecule has 0 aliphatic heterocycles. The molecule has 0 unspecified atom stereocenters. The molecule has 0 aromatic rings. The summed E-state index contributed by atoms with van der Waals surface area (Å²) in [6.45, 7) is 2.28. The molecule has 0 spiro atoms. The van der Waals surface area contributed by atoms with Crippen molar-refractivity contribution in [1.29, 1.82) is 0 Å². The van der Waals surface area contributed by atoms with Crippen molar-refractivity contribution < 1.29 is 0 Å². The van der Waals surface area contributed by atoms with E-state index < -0.39 is 0 Å². The van der Waals surface area contributed by atoms with Gasteiger partial charge in [0, 0.05) is 0 Å². The zero-order chi connectivity index (χ0) is 9.36. The lowest BCUT2D eigenvalue weighted by Gasteiger charge is -2.12. The van der Waals surface area contributed by atoms with E-state index in [9.17, 15) is 0 Å². The molecule has 1 saturated carbocycles. The van der Waals surface area contributed by atoms with E-state index in [1.165, 1.54) is 64.2 Å². The van der Waals surface area contributed by atoms with Crippen LogP contribution in [0.4, 0.5) is 0 Å². The van der Waals surface area contributed by atoms with Gasteiger partial charge in [-0.25, -0.2) is 0 Å². The normalized spacial score (nSPS) is 20.1. The van der Waals surface area contributed by atoms with Gasteiger partial charge in [-0.1, -0.05) is 64.7 Å². The molecule has 0 aromatic carbocycles. The quantitative estimate of drug-likeness (QED) is 0.424. The SMILES string of the molecule is CCCCC[CH]C1CCCCCC1. The second-order valence-electron chi connectivity index (χ2n) is 4.48. The fraction of sp³-hybridized carbons (Fsp3) is 0.923. The third-order valence-electron chi connectivity index (χ3n) is 3.21. The van der Waals surface area contributed by atoms with Crippen LogP contribution in [0.5, 0.6) is 0 Å². The summed E-state index contributed by atoms with van der Waals surface area (Å²) >= 11 is 0. The highest BCUT2D eigenvalue weighted by atomic mass is 14.2. The van der Waals surface area contributed by atoms with Crippen molar-refractivity contribution in [2.75, 3.05) is 0 Å². The Labute approximate surface area is 84.1 Å².